The van der Waals surface area contributed by atoms with Crippen LogP contribution in [0.3, 0.4) is 0 Å². The highest BCUT2D eigenvalue weighted by molar-refractivity contribution is 5.23. The molecule has 22 heavy (non-hydrogen) atoms. The summed E-state index contributed by atoms with van der Waals surface area (Å²) in [6.45, 7) is 2.26. The van der Waals surface area contributed by atoms with Crippen molar-refractivity contribution in [3.05, 3.63) is 0 Å². The Morgan fingerprint density at radius 2 is 1.73 bits per heavy atom. The van der Waals surface area contributed by atoms with Gasteiger partial charge in [-0.2, -0.15) is 0 Å². The van der Waals surface area contributed by atoms with Gasteiger partial charge in [0, 0.05) is 5.41 Å². The molecule has 0 aliphatic heterocycles. The summed E-state index contributed by atoms with van der Waals surface area (Å²) in [5.74, 6) is 6.53. The van der Waals surface area contributed by atoms with Gasteiger partial charge in [0.05, 0.1) is 6.10 Å². The molecule has 2 N–H and O–H groups in total. The van der Waals surface area contributed by atoms with E-state index in [0.29, 0.717) is 5.92 Å². The molecule has 0 spiro atoms. The number of hydrogen-bond donors (Lipinski definition) is 2. The normalized spacial score (nSPS) is 57.4. The Balaban J connectivity index is 1.60. The van der Waals surface area contributed by atoms with Gasteiger partial charge in [0.1, 0.15) is 5.60 Å². The first-order valence-corrected chi connectivity index (χ1v) is 9.37. The van der Waals surface area contributed by atoms with E-state index in [4.69, 9.17) is 6.42 Å². The van der Waals surface area contributed by atoms with E-state index in [9.17, 15) is 10.2 Å². The van der Waals surface area contributed by atoms with E-state index in [1.807, 2.05) is 0 Å². The highest BCUT2D eigenvalue weighted by atomic mass is 16.3. The molecule has 8 atom stereocenters. The van der Waals surface area contributed by atoms with Gasteiger partial charge in [-0.25, -0.2) is 0 Å². The molecular weight excluding hydrogens is 272 g/mol. The average Bonchev–Trinajstić information content (AvgIpc) is 2.79. The first kappa shape index (κ1) is 15.0. The Bertz CT molecular complexity index is 494. The van der Waals surface area contributed by atoms with Gasteiger partial charge < -0.3 is 10.2 Å². The van der Waals surface area contributed by atoms with Gasteiger partial charge in [0.15, 0.2) is 0 Å². The second-order valence-electron chi connectivity index (χ2n) is 8.90. The van der Waals surface area contributed by atoms with Crippen LogP contribution in [0.4, 0.5) is 0 Å². The average molecular weight is 302 g/mol. The molecule has 0 heterocycles. The van der Waals surface area contributed by atoms with Crippen LogP contribution >= 0.6 is 0 Å². The summed E-state index contributed by atoms with van der Waals surface area (Å²) in [5, 5.41) is 20.9. The van der Waals surface area contributed by atoms with Gasteiger partial charge in [-0.1, -0.05) is 12.8 Å². The van der Waals surface area contributed by atoms with Crippen LogP contribution in [0.5, 0.6) is 0 Å². The topological polar surface area (TPSA) is 40.5 Å². The van der Waals surface area contributed by atoms with Gasteiger partial charge in [0.25, 0.3) is 0 Å². The molecule has 0 amide bonds. The molecule has 0 aromatic heterocycles. The zero-order valence-corrected chi connectivity index (χ0v) is 13.8. The lowest BCUT2D eigenvalue weighted by Crippen LogP contribution is -2.53. The largest absolute Gasteiger partial charge is 0.393 e. The highest BCUT2D eigenvalue weighted by Gasteiger charge is 2.62. The molecule has 4 aliphatic rings. The van der Waals surface area contributed by atoms with Crippen molar-refractivity contribution in [1.29, 1.82) is 0 Å². The number of hydrogen-bond acceptors (Lipinski definition) is 2. The van der Waals surface area contributed by atoms with E-state index >= 15 is 0 Å². The molecule has 0 bridgehead atoms. The van der Waals surface area contributed by atoms with Crippen molar-refractivity contribution in [2.75, 3.05) is 0 Å². The van der Waals surface area contributed by atoms with Crippen molar-refractivity contribution in [3.63, 3.8) is 0 Å². The van der Waals surface area contributed by atoms with Crippen molar-refractivity contribution in [3.8, 4) is 12.3 Å². The predicted molar refractivity (Wildman–Crippen MR) is 86.9 cm³/mol. The molecule has 4 saturated carbocycles. The molecule has 122 valence electrons. The van der Waals surface area contributed by atoms with Crippen LogP contribution in [-0.2, 0) is 0 Å². The molecule has 0 aromatic rings. The fraction of sp³-hybridized carbons (Fsp3) is 0.900. The summed E-state index contributed by atoms with van der Waals surface area (Å²) in [6.07, 6.45) is 15.7. The maximum Gasteiger partial charge on any atom is 0.130 e. The van der Waals surface area contributed by atoms with Gasteiger partial charge in [-0.05, 0) is 87.4 Å². The van der Waals surface area contributed by atoms with Gasteiger partial charge in [-0.15, -0.1) is 6.42 Å². The summed E-state index contributed by atoms with van der Waals surface area (Å²) in [7, 11) is 0. The Morgan fingerprint density at radius 3 is 2.50 bits per heavy atom. The third kappa shape index (κ3) is 1.88. The molecule has 0 radical (unpaired) electrons. The summed E-state index contributed by atoms with van der Waals surface area (Å²) in [4.78, 5) is 0. The second kappa shape index (κ2) is 4.99. The van der Waals surface area contributed by atoms with Crippen molar-refractivity contribution in [2.24, 2.45) is 35.0 Å². The van der Waals surface area contributed by atoms with E-state index in [2.05, 4.69) is 12.8 Å². The van der Waals surface area contributed by atoms with Crippen molar-refractivity contribution in [2.45, 2.75) is 76.4 Å². The Morgan fingerprint density at radius 1 is 0.955 bits per heavy atom. The molecule has 4 fully saturated rings. The van der Waals surface area contributed by atoms with Crippen LogP contribution in [0.25, 0.3) is 0 Å². The molecule has 0 unspecified atom stereocenters. The number of rotatable bonds is 0. The monoisotopic (exact) mass is 302 g/mol. The third-order valence-corrected chi connectivity index (χ3v) is 8.32. The molecule has 0 aromatic carbocycles. The van der Waals surface area contributed by atoms with Crippen LogP contribution in [-0.4, -0.2) is 21.9 Å². The standard InChI is InChI=1S/C20H30O2/c1-3-20(22)11-9-18-17-6-4-13-12-14(21)5-7-15(13)16(17)8-10-19(18,20)2/h1,13-18,21-22H,4-12H2,2H3/t13-,14+,15-,16+,17+,18-,19-,20-/m0/s1. The number of aliphatic hydroxyl groups excluding tert-OH is 1. The fourth-order valence-electron chi connectivity index (χ4n) is 7.08. The SMILES string of the molecule is C#C[C@]1(O)CC[C@H]2[C@@H]3CC[C@H]4C[C@H](O)CC[C@@H]4[C@H]3CC[C@@]21C. The van der Waals surface area contributed by atoms with E-state index in [0.717, 1.165) is 55.8 Å². The minimum Gasteiger partial charge on any atom is -0.393 e. The number of terminal acetylenes is 1. The highest BCUT2D eigenvalue weighted by Crippen LogP contribution is 2.65. The van der Waals surface area contributed by atoms with E-state index in [1.54, 1.807) is 0 Å². The van der Waals surface area contributed by atoms with Gasteiger partial charge in [0.2, 0.25) is 0 Å². The van der Waals surface area contributed by atoms with E-state index < -0.39 is 5.60 Å². The maximum absolute atomic E-state index is 10.9. The Hall–Kier alpha value is -0.520. The van der Waals surface area contributed by atoms with Crippen molar-refractivity contribution in [1.82, 2.24) is 0 Å². The zero-order valence-electron chi connectivity index (χ0n) is 13.8. The van der Waals surface area contributed by atoms with E-state index in [-0.39, 0.29) is 11.5 Å². The minimum atomic E-state index is -0.873. The second-order valence-corrected chi connectivity index (χ2v) is 8.90. The van der Waals surface area contributed by atoms with Gasteiger partial charge in [-0.3, -0.25) is 0 Å². The Labute approximate surface area is 134 Å². The smallest absolute Gasteiger partial charge is 0.130 e. The quantitative estimate of drug-likeness (QED) is 0.674. The summed E-state index contributed by atoms with van der Waals surface area (Å²) >= 11 is 0. The number of aliphatic hydroxyl groups is 2. The van der Waals surface area contributed by atoms with Gasteiger partial charge >= 0.3 is 0 Å². The summed E-state index contributed by atoms with van der Waals surface area (Å²) < 4.78 is 0. The van der Waals surface area contributed by atoms with Crippen LogP contribution in [0, 0.1) is 47.3 Å². The van der Waals surface area contributed by atoms with Crippen LogP contribution in [0.15, 0.2) is 0 Å². The molecular formula is C20H30O2. The van der Waals surface area contributed by atoms with Crippen LogP contribution in [0.1, 0.15) is 64.7 Å². The third-order valence-electron chi connectivity index (χ3n) is 8.32. The first-order chi connectivity index (χ1) is 10.5. The predicted octanol–water partition coefficient (Wildman–Crippen LogP) is 3.36. The molecule has 0 saturated heterocycles. The van der Waals surface area contributed by atoms with Crippen LogP contribution in [0.2, 0.25) is 0 Å². The molecule has 4 rings (SSSR count). The lowest BCUT2D eigenvalue weighted by molar-refractivity contribution is -0.111. The minimum absolute atomic E-state index is 0.0512. The lowest BCUT2D eigenvalue weighted by Gasteiger charge is -2.56. The molecule has 4 aliphatic carbocycles. The first-order valence-electron chi connectivity index (χ1n) is 9.37. The van der Waals surface area contributed by atoms with Crippen molar-refractivity contribution >= 4 is 0 Å². The van der Waals surface area contributed by atoms with E-state index in [1.165, 1.54) is 25.7 Å². The van der Waals surface area contributed by atoms with Crippen molar-refractivity contribution < 1.29 is 10.2 Å². The fourth-order valence-corrected chi connectivity index (χ4v) is 7.08. The summed E-state index contributed by atoms with van der Waals surface area (Å²) in [5.41, 5.74) is -0.938. The Kier molecular flexibility index (Phi) is 3.41. The molecule has 2 nitrogen and oxygen atoms in total. The van der Waals surface area contributed by atoms with Crippen LogP contribution < -0.4 is 0 Å². The summed E-state index contributed by atoms with van der Waals surface area (Å²) in [6, 6.07) is 0. The zero-order chi connectivity index (χ0) is 15.5. The maximum atomic E-state index is 10.9. The lowest BCUT2D eigenvalue weighted by atomic mass is 9.49. The molecule has 2 heteroatoms. The number of fused-ring (bicyclic) bond motifs is 5.